The lowest BCUT2D eigenvalue weighted by Gasteiger charge is -2.28. The van der Waals surface area contributed by atoms with Crippen molar-refractivity contribution in [1.82, 2.24) is 0 Å². The molecule has 1 atom stereocenters. The molecule has 0 saturated heterocycles. The van der Waals surface area contributed by atoms with Crippen molar-refractivity contribution in [3.8, 4) is 0 Å². The molecule has 0 aromatic rings. The fourth-order valence-corrected chi connectivity index (χ4v) is 4.55. The minimum atomic E-state index is -2.57. The molecule has 0 N–H and O–H groups in total. The molecule has 0 rings (SSSR count). The minimum Gasteiger partial charge on any atom is -0.460 e. The van der Waals surface area contributed by atoms with Crippen LogP contribution < -0.4 is 0 Å². The monoisotopic (exact) mass is 304 g/mol. The van der Waals surface area contributed by atoms with Crippen molar-refractivity contribution >= 4 is 14.8 Å². The van der Waals surface area contributed by atoms with Crippen molar-refractivity contribution in [3.05, 3.63) is 12.7 Å². The summed E-state index contributed by atoms with van der Waals surface area (Å²) in [7, 11) is -2.57. The summed E-state index contributed by atoms with van der Waals surface area (Å²) >= 11 is 0. The third-order valence-electron chi connectivity index (χ3n) is 2.67. The van der Waals surface area contributed by atoms with Gasteiger partial charge in [-0.25, -0.2) is 4.79 Å². The molecule has 0 aromatic carbocycles. The molecule has 0 heterocycles. The number of carbonyl (C=O) groups is 1. The van der Waals surface area contributed by atoms with E-state index in [1.54, 1.807) is 0 Å². The molecule has 5 nitrogen and oxygen atoms in total. The van der Waals surface area contributed by atoms with Crippen LogP contribution in [0.2, 0.25) is 6.04 Å². The van der Waals surface area contributed by atoms with Crippen molar-refractivity contribution < 1.29 is 22.8 Å². The van der Waals surface area contributed by atoms with Gasteiger partial charge in [-0.15, -0.1) is 0 Å². The molecule has 1 unspecified atom stereocenters. The van der Waals surface area contributed by atoms with E-state index in [0.29, 0.717) is 19.8 Å². The molecular weight excluding hydrogens is 276 g/mol. The maximum Gasteiger partial charge on any atom is 0.500 e. The maximum atomic E-state index is 11.1. The first-order valence-electron chi connectivity index (χ1n) is 7.28. The molecule has 0 aliphatic rings. The van der Waals surface area contributed by atoms with E-state index in [1.165, 1.54) is 6.08 Å². The van der Waals surface area contributed by atoms with Gasteiger partial charge in [-0.3, -0.25) is 0 Å². The largest absolute Gasteiger partial charge is 0.500 e. The van der Waals surface area contributed by atoms with Crippen LogP contribution in [0.5, 0.6) is 0 Å². The molecule has 118 valence electrons. The highest BCUT2D eigenvalue weighted by atomic mass is 28.4. The molecule has 0 aliphatic heterocycles. The van der Waals surface area contributed by atoms with Crippen LogP contribution in [0.1, 0.15) is 40.5 Å². The van der Waals surface area contributed by atoms with Gasteiger partial charge in [0.15, 0.2) is 0 Å². The summed E-state index contributed by atoms with van der Waals surface area (Å²) in [4.78, 5) is 11.1. The van der Waals surface area contributed by atoms with Gasteiger partial charge in [-0.05, 0) is 40.5 Å². The highest BCUT2D eigenvalue weighted by Crippen LogP contribution is 2.20. The Labute approximate surface area is 123 Å². The van der Waals surface area contributed by atoms with E-state index in [0.717, 1.165) is 18.9 Å². The Morgan fingerprint density at radius 2 is 1.65 bits per heavy atom. The lowest BCUT2D eigenvalue weighted by atomic mass is 10.2. The number of ether oxygens (including phenoxy) is 1. The Bertz CT molecular complexity index is 266. The van der Waals surface area contributed by atoms with Crippen LogP contribution in [-0.4, -0.2) is 40.7 Å². The fraction of sp³-hybridized carbons (Fsp3) is 0.786. The van der Waals surface area contributed by atoms with Crippen LogP contribution in [0.4, 0.5) is 0 Å². The quantitative estimate of drug-likeness (QED) is 0.315. The predicted octanol–water partition coefficient (Wildman–Crippen LogP) is 2.93. The molecule has 0 bridgehead atoms. The van der Waals surface area contributed by atoms with Crippen LogP contribution in [0.25, 0.3) is 0 Å². The van der Waals surface area contributed by atoms with Crippen molar-refractivity contribution in [3.63, 3.8) is 0 Å². The predicted molar refractivity (Wildman–Crippen MR) is 80.4 cm³/mol. The summed E-state index contributed by atoms with van der Waals surface area (Å²) in [5.74, 6) is -0.388. The summed E-state index contributed by atoms with van der Waals surface area (Å²) in [6.07, 6.45) is 2.62. The molecule has 0 fully saturated rings. The van der Waals surface area contributed by atoms with Gasteiger partial charge in [0.2, 0.25) is 0 Å². The second-order valence-corrected chi connectivity index (χ2v) is 7.06. The van der Waals surface area contributed by atoms with Crippen molar-refractivity contribution in [2.45, 2.75) is 52.7 Å². The molecule has 0 amide bonds. The molecule has 0 radical (unpaired) electrons. The smallest absolute Gasteiger partial charge is 0.460 e. The summed E-state index contributed by atoms with van der Waals surface area (Å²) in [6, 6.07) is 0.735. The SMILES string of the molecule is C=CC(=O)OC(C)CCC[Si](OCC)(OCC)OCC. The van der Waals surface area contributed by atoms with Crippen LogP contribution in [0.15, 0.2) is 12.7 Å². The van der Waals surface area contributed by atoms with E-state index in [1.807, 2.05) is 27.7 Å². The number of esters is 1. The Hall–Kier alpha value is -0.693. The first kappa shape index (κ1) is 19.3. The van der Waals surface area contributed by atoms with Gasteiger partial charge in [-0.2, -0.15) is 0 Å². The number of rotatable bonds is 12. The molecule has 0 saturated carbocycles. The van der Waals surface area contributed by atoms with Gasteiger partial charge < -0.3 is 18.0 Å². The molecule has 0 aromatic heterocycles. The summed E-state index contributed by atoms with van der Waals surface area (Å²) in [5, 5.41) is 0. The molecule has 6 heteroatoms. The van der Waals surface area contributed by atoms with E-state index in [9.17, 15) is 4.79 Å². The Morgan fingerprint density at radius 3 is 2.05 bits per heavy atom. The Balaban J connectivity index is 4.30. The standard InChI is InChI=1S/C14H28O5Si/c1-6-14(15)19-13(5)11-10-12-20(16-7-2,17-8-3)18-9-4/h6,13H,1,7-12H2,2-5H3. The van der Waals surface area contributed by atoms with Crippen LogP contribution in [0, 0.1) is 0 Å². The van der Waals surface area contributed by atoms with E-state index in [4.69, 9.17) is 18.0 Å². The lowest BCUT2D eigenvalue weighted by molar-refractivity contribution is -0.142. The van der Waals surface area contributed by atoms with E-state index in [-0.39, 0.29) is 12.1 Å². The van der Waals surface area contributed by atoms with E-state index in [2.05, 4.69) is 6.58 Å². The second kappa shape index (κ2) is 11.0. The topological polar surface area (TPSA) is 54.0 Å². The van der Waals surface area contributed by atoms with Crippen LogP contribution in [-0.2, 0) is 22.8 Å². The van der Waals surface area contributed by atoms with Crippen molar-refractivity contribution in [2.24, 2.45) is 0 Å². The first-order valence-corrected chi connectivity index (χ1v) is 9.21. The van der Waals surface area contributed by atoms with Gasteiger partial charge in [0.1, 0.15) is 0 Å². The number of hydrogen-bond donors (Lipinski definition) is 0. The first-order chi connectivity index (χ1) is 9.53. The zero-order valence-corrected chi connectivity index (χ0v) is 14.1. The number of hydrogen-bond acceptors (Lipinski definition) is 5. The normalized spacial score (nSPS) is 13.0. The molecule has 0 aliphatic carbocycles. The molecular formula is C14H28O5Si. The lowest BCUT2D eigenvalue weighted by Crippen LogP contribution is -2.46. The van der Waals surface area contributed by atoms with Gasteiger partial charge in [0, 0.05) is 31.9 Å². The summed E-state index contributed by atoms with van der Waals surface area (Å²) in [6.45, 7) is 12.8. The zero-order valence-electron chi connectivity index (χ0n) is 13.1. The Kier molecular flexibility index (Phi) is 10.6. The molecule has 20 heavy (non-hydrogen) atoms. The molecule has 0 spiro atoms. The third-order valence-corrected chi connectivity index (χ3v) is 5.82. The third kappa shape index (κ3) is 7.79. The highest BCUT2D eigenvalue weighted by molar-refractivity contribution is 6.60. The maximum absolute atomic E-state index is 11.1. The fourth-order valence-electron chi connectivity index (χ4n) is 1.91. The zero-order chi connectivity index (χ0) is 15.4. The van der Waals surface area contributed by atoms with Gasteiger partial charge >= 0.3 is 14.8 Å². The van der Waals surface area contributed by atoms with Crippen molar-refractivity contribution in [2.75, 3.05) is 19.8 Å². The summed E-state index contributed by atoms with van der Waals surface area (Å²) < 4.78 is 22.4. The van der Waals surface area contributed by atoms with Crippen LogP contribution >= 0.6 is 0 Å². The van der Waals surface area contributed by atoms with E-state index >= 15 is 0 Å². The van der Waals surface area contributed by atoms with E-state index < -0.39 is 8.80 Å². The van der Waals surface area contributed by atoms with Gasteiger partial charge in [0.25, 0.3) is 0 Å². The van der Waals surface area contributed by atoms with Crippen LogP contribution in [0.3, 0.4) is 0 Å². The highest BCUT2D eigenvalue weighted by Gasteiger charge is 2.39. The summed E-state index contributed by atoms with van der Waals surface area (Å²) in [5.41, 5.74) is 0. The number of carbonyl (C=O) groups excluding carboxylic acids is 1. The van der Waals surface area contributed by atoms with Crippen molar-refractivity contribution in [1.29, 1.82) is 0 Å². The van der Waals surface area contributed by atoms with Gasteiger partial charge in [0.05, 0.1) is 6.10 Å². The minimum absolute atomic E-state index is 0.142. The van der Waals surface area contributed by atoms with Gasteiger partial charge in [-0.1, -0.05) is 6.58 Å². The second-order valence-electron chi connectivity index (χ2n) is 4.33. The Morgan fingerprint density at radius 1 is 1.15 bits per heavy atom. The average molecular weight is 304 g/mol. The average Bonchev–Trinajstić information content (AvgIpc) is 2.39.